The lowest BCUT2D eigenvalue weighted by Gasteiger charge is -2.26. The summed E-state index contributed by atoms with van der Waals surface area (Å²) in [6.07, 6.45) is 6.47. The number of nitrogens with one attached hydrogen (secondary N) is 1. The number of nitrogens with zero attached hydrogens (tertiary/aromatic N) is 1. The zero-order chi connectivity index (χ0) is 21.7. The highest BCUT2D eigenvalue weighted by molar-refractivity contribution is 5.83. The van der Waals surface area contributed by atoms with E-state index in [2.05, 4.69) is 55.3 Å². The Bertz CT molecular complexity index is 737. The SMILES string of the molecule is CC(=O)CCC(=O)N[C@H]1CCC2CCN(CCC(C)(C)C)CCC2c2ccccc21. The Morgan fingerprint density at radius 1 is 1.00 bits per heavy atom. The van der Waals surface area contributed by atoms with E-state index in [1.807, 2.05) is 0 Å². The third kappa shape index (κ3) is 6.41. The van der Waals surface area contributed by atoms with Crippen molar-refractivity contribution in [2.45, 2.75) is 84.6 Å². The molecule has 1 aromatic rings. The van der Waals surface area contributed by atoms with Crippen LogP contribution < -0.4 is 5.32 Å². The first-order valence-corrected chi connectivity index (χ1v) is 11.8. The zero-order valence-corrected chi connectivity index (χ0v) is 19.4. The predicted molar refractivity (Wildman–Crippen MR) is 122 cm³/mol. The molecular formula is C26H40N2O2. The third-order valence-corrected chi connectivity index (χ3v) is 6.96. The van der Waals surface area contributed by atoms with Crippen molar-refractivity contribution in [3.63, 3.8) is 0 Å². The van der Waals surface area contributed by atoms with E-state index in [0.717, 1.165) is 12.8 Å². The average Bonchev–Trinajstić information content (AvgIpc) is 2.97. The number of benzene rings is 1. The van der Waals surface area contributed by atoms with Gasteiger partial charge in [-0.3, -0.25) is 4.79 Å². The molecule has 1 saturated heterocycles. The Hall–Kier alpha value is -1.68. The van der Waals surface area contributed by atoms with Gasteiger partial charge >= 0.3 is 0 Å². The molecule has 4 nitrogen and oxygen atoms in total. The lowest BCUT2D eigenvalue weighted by molar-refractivity contribution is -0.125. The number of fused-ring (bicyclic) bond motifs is 3. The van der Waals surface area contributed by atoms with Crippen LogP contribution in [0.2, 0.25) is 0 Å². The van der Waals surface area contributed by atoms with E-state index >= 15 is 0 Å². The van der Waals surface area contributed by atoms with Gasteiger partial charge in [0.25, 0.3) is 0 Å². The standard InChI is InChI=1S/C26H40N2O2/c1-19(29)9-12-25(30)27-24-11-10-20-13-16-28(18-15-26(2,3)4)17-14-21(20)22-7-5-6-8-23(22)24/h5-8,20-21,24H,9-18H2,1-4H3,(H,27,30)/t20?,21?,24-/m0/s1. The minimum absolute atomic E-state index is 0.000419. The quantitative estimate of drug-likeness (QED) is 0.695. The number of rotatable bonds is 6. The number of hydrogen-bond donors (Lipinski definition) is 1. The van der Waals surface area contributed by atoms with Gasteiger partial charge in [0, 0.05) is 12.8 Å². The highest BCUT2D eigenvalue weighted by atomic mass is 16.2. The molecule has 1 aromatic carbocycles. The molecule has 0 bridgehead atoms. The van der Waals surface area contributed by atoms with E-state index < -0.39 is 0 Å². The summed E-state index contributed by atoms with van der Waals surface area (Å²) >= 11 is 0. The molecule has 1 amide bonds. The molecule has 1 fully saturated rings. The minimum atomic E-state index is 0.000419. The van der Waals surface area contributed by atoms with Gasteiger partial charge in [-0.15, -0.1) is 0 Å². The van der Waals surface area contributed by atoms with Crippen molar-refractivity contribution in [2.24, 2.45) is 11.3 Å². The highest BCUT2D eigenvalue weighted by Crippen LogP contribution is 2.44. The van der Waals surface area contributed by atoms with Gasteiger partial charge in [0.15, 0.2) is 0 Å². The number of likely N-dealkylation sites (tertiary alicyclic amines) is 1. The first-order valence-electron chi connectivity index (χ1n) is 11.8. The molecule has 3 rings (SSSR count). The Morgan fingerprint density at radius 3 is 2.40 bits per heavy atom. The maximum Gasteiger partial charge on any atom is 0.220 e. The van der Waals surface area contributed by atoms with Crippen LogP contribution in [0.4, 0.5) is 0 Å². The molecule has 2 unspecified atom stereocenters. The second-order valence-electron chi connectivity index (χ2n) is 10.6. The molecule has 30 heavy (non-hydrogen) atoms. The van der Waals surface area contributed by atoms with Gasteiger partial charge < -0.3 is 15.0 Å². The maximum absolute atomic E-state index is 12.4. The van der Waals surface area contributed by atoms with Crippen LogP contribution in [-0.2, 0) is 9.59 Å². The fourth-order valence-corrected chi connectivity index (χ4v) is 5.10. The van der Waals surface area contributed by atoms with Crippen LogP contribution in [0.25, 0.3) is 0 Å². The molecule has 3 atom stereocenters. The molecular weight excluding hydrogens is 372 g/mol. The normalized spacial score (nSPS) is 24.9. The Labute approximate surface area is 182 Å². The van der Waals surface area contributed by atoms with Crippen LogP contribution in [0.5, 0.6) is 0 Å². The Morgan fingerprint density at radius 2 is 1.70 bits per heavy atom. The lowest BCUT2D eigenvalue weighted by Crippen LogP contribution is -2.29. The average molecular weight is 413 g/mol. The Kier molecular flexibility index (Phi) is 7.73. The molecule has 0 aromatic heterocycles. The lowest BCUT2D eigenvalue weighted by atomic mass is 9.81. The van der Waals surface area contributed by atoms with Gasteiger partial charge in [0.05, 0.1) is 6.04 Å². The highest BCUT2D eigenvalue weighted by Gasteiger charge is 2.34. The second-order valence-corrected chi connectivity index (χ2v) is 10.6. The molecule has 1 aliphatic heterocycles. The van der Waals surface area contributed by atoms with Crippen molar-refractivity contribution >= 4 is 11.7 Å². The summed E-state index contributed by atoms with van der Waals surface area (Å²) in [5.41, 5.74) is 3.12. The second kappa shape index (κ2) is 10.1. The molecule has 1 heterocycles. The van der Waals surface area contributed by atoms with Crippen molar-refractivity contribution in [1.82, 2.24) is 10.2 Å². The molecule has 166 valence electrons. The van der Waals surface area contributed by atoms with E-state index in [1.165, 1.54) is 50.0 Å². The van der Waals surface area contributed by atoms with Crippen molar-refractivity contribution in [1.29, 1.82) is 0 Å². The van der Waals surface area contributed by atoms with Gasteiger partial charge in [-0.2, -0.15) is 0 Å². The van der Waals surface area contributed by atoms with Crippen LogP contribution in [-0.4, -0.2) is 36.2 Å². The van der Waals surface area contributed by atoms with Crippen molar-refractivity contribution in [3.05, 3.63) is 35.4 Å². The van der Waals surface area contributed by atoms with E-state index in [0.29, 0.717) is 30.1 Å². The van der Waals surface area contributed by atoms with Crippen LogP contribution in [0.3, 0.4) is 0 Å². The molecule has 1 aliphatic carbocycles. The fourth-order valence-electron chi connectivity index (χ4n) is 5.10. The van der Waals surface area contributed by atoms with Crippen molar-refractivity contribution in [2.75, 3.05) is 19.6 Å². The third-order valence-electron chi connectivity index (χ3n) is 6.96. The molecule has 1 N–H and O–H groups in total. The number of hydrogen-bond acceptors (Lipinski definition) is 3. The van der Waals surface area contributed by atoms with Gasteiger partial charge in [0.2, 0.25) is 5.91 Å². The minimum Gasteiger partial charge on any atom is -0.349 e. The van der Waals surface area contributed by atoms with Gasteiger partial charge in [-0.05, 0) is 87.0 Å². The maximum atomic E-state index is 12.4. The first kappa shape index (κ1) is 23.0. The summed E-state index contributed by atoms with van der Waals surface area (Å²) < 4.78 is 0. The van der Waals surface area contributed by atoms with Crippen molar-refractivity contribution in [3.8, 4) is 0 Å². The smallest absolute Gasteiger partial charge is 0.220 e. The van der Waals surface area contributed by atoms with E-state index in [9.17, 15) is 9.59 Å². The molecule has 2 aliphatic rings. The summed E-state index contributed by atoms with van der Waals surface area (Å²) in [6.45, 7) is 12.1. The molecule has 0 spiro atoms. The van der Waals surface area contributed by atoms with Crippen LogP contribution in [0.1, 0.15) is 95.7 Å². The molecule has 4 heteroatoms. The summed E-state index contributed by atoms with van der Waals surface area (Å²) in [4.78, 5) is 26.3. The van der Waals surface area contributed by atoms with Crippen molar-refractivity contribution < 1.29 is 9.59 Å². The van der Waals surface area contributed by atoms with Gasteiger partial charge in [-0.25, -0.2) is 0 Å². The Balaban J connectivity index is 1.71. The summed E-state index contributed by atoms with van der Waals surface area (Å²) in [7, 11) is 0. The number of amides is 1. The van der Waals surface area contributed by atoms with E-state index in [1.54, 1.807) is 6.92 Å². The molecule has 0 radical (unpaired) electrons. The van der Waals surface area contributed by atoms with Gasteiger partial charge in [-0.1, -0.05) is 45.0 Å². The van der Waals surface area contributed by atoms with E-state index in [-0.39, 0.29) is 17.7 Å². The van der Waals surface area contributed by atoms with Crippen LogP contribution in [0.15, 0.2) is 24.3 Å². The summed E-state index contributed by atoms with van der Waals surface area (Å²) in [5.74, 6) is 1.34. The first-order chi connectivity index (χ1) is 14.2. The monoisotopic (exact) mass is 412 g/mol. The summed E-state index contributed by atoms with van der Waals surface area (Å²) in [5, 5.41) is 3.24. The zero-order valence-electron chi connectivity index (χ0n) is 19.4. The largest absolute Gasteiger partial charge is 0.349 e. The predicted octanol–water partition coefficient (Wildman–Crippen LogP) is 5.24. The molecule has 0 saturated carbocycles. The number of Topliss-reactive ketones (excluding diaryl/α,β-unsaturated/α-hetero) is 1. The van der Waals surface area contributed by atoms with Crippen LogP contribution in [0, 0.1) is 11.3 Å². The summed E-state index contributed by atoms with van der Waals surface area (Å²) in [6, 6.07) is 8.82. The fraction of sp³-hybridized carbons (Fsp3) is 0.692. The number of carbonyl (C=O) groups excluding carboxylic acids is 2. The number of carbonyl (C=O) groups is 2. The van der Waals surface area contributed by atoms with Gasteiger partial charge in [0.1, 0.15) is 5.78 Å². The van der Waals surface area contributed by atoms with Crippen LogP contribution >= 0.6 is 0 Å². The topological polar surface area (TPSA) is 49.4 Å². The van der Waals surface area contributed by atoms with E-state index in [4.69, 9.17) is 0 Å². The number of ketones is 1.